The standard InChI is InChI=1S/C23H22FN3O2S.ClH/c1-26(2)11-12-27(23-25-21-18(24)9-6-10-20(21)30-23)22(28)17-13-15-7-4-5-8-16(15)14-19(17)29-3;/h4-10,13-14H,11-12H2,1-3H3;1H/p-1. The summed E-state index contributed by atoms with van der Waals surface area (Å²) >= 11 is 1.31. The summed E-state index contributed by atoms with van der Waals surface area (Å²) in [6.45, 7) is 1.06. The number of ether oxygens (including phenoxy) is 1. The number of halogens is 2. The molecule has 0 saturated carbocycles. The number of likely N-dealkylation sites (N-methyl/N-ethyl adjacent to an activating group) is 1. The van der Waals surface area contributed by atoms with Gasteiger partial charge >= 0.3 is 0 Å². The quantitative estimate of drug-likeness (QED) is 0.442. The summed E-state index contributed by atoms with van der Waals surface area (Å²) in [4.78, 5) is 21.7. The first-order chi connectivity index (χ1) is 14.5. The van der Waals surface area contributed by atoms with Crippen LogP contribution in [0.1, 0.15) is 10.4 Å². The lowest BCUT2D eigenvalue weighted by Crippen LogP contribution is -3.00. The second-order valence-corrected chi connectivity index (χ2v) is 8.25. The van der Waals surface area contributed by atoms with E-state index in [1.807, 2.05) is 61.5 Å². The topological polar surface area (TPSA) is 45.7 Å². The van der Waals surface area contributed by atoms with Gasteiger partial charge in [0.1, 0.15) is 17.1 Å². The van der Waals surface area contributed by atoms with E-state index < -0.39 is 5.82 Å². The average molecular weight is 459 g/mol. The van der Waals surface area contributed by atoms with Crippen LogP contribution in [-0.4, -0.2) is 50.1 Å². The van der Waals surface area contributed by atoms with Gasteiger partial charge in [-0.05, 0) is 49.1 Å². The van der Waals surface area contributed by atoms with E-state index in [2.05, 4.69) is 4.98 Å². The molecule has 0 atom stereocenters. The molecule has 0 aliphatic rings. The molecule has 0 fully saturated rings. The Hall–Kier alpha value is -2.74. The van der Waals surface area contributed by atoms with Crippen molar-refractivity contribution in [1.29, 1.82) is 0 Å². The van der Waals surface area contributed by atoms with Crippen molar-refractivity contribution in [3.8, 4) is 5.75 Å². The first-order valence-electron chi connectivity index (χ1n) is 9.56. The molecule has 0 spiro atoms. The molecule has 31 heavy (non-hydrogen) atoms. The molecule has 8 heteroatoms. The first kappa shape index (κ1) is 22.9. The Kier molecular flexibility index (Phi) is 7.10. The maximum atomic E-state index is 14.2. The normalized spacial score (nSPS) is 11.0. The highest BCUT2D eigenvalue weighted by Gasteiger charge is 2.25. The fourth-order valence-electron chi connectivity index (χ4n) is 3.30. The Labute approximate surface area is 190 Å². The van der Waals surface area contributed by atoms with Gasteiger partial charge in [0.15, 0.2) is 5.13 Å². The number of carbonyl (C=O) groups excluding carboxylic acids is 1. The maximum Gasteiger partial charge on any atom is 0.263 e. The smallest absolute Gasteiger partial charge is 0.263 e. The summed E-state index contributed by atoms with van der Waals surface area (Å²) in [5, 5.41) is 2.41. The molecule has 1 amide bonds. The highest BCUT2D eigenvalue weighted by molar-refractivity contribution is 7.22. The van der Waals surface area contributed by atoms with Gasteiger partial charge in [0, 0.05) is 13.1 Å². The van der Waals surface area contributed by atoms with Gasteiger partial charge < -0.3 is 22.0 Å². The number of thiazole rings is 1. The van der Waals surface area contributed by atoms with E-state index in [4.69, 9.17) is 4.74 Å². The van der Waals surface area contributed by atoms with Gasteiger partial charge in [-0.2, -0.15) is 0 Å². The minimum atomic E-state index is -0.390. The summed E-state index contributed by atoms with van der Waals surface area (Å²) in [6, 6.07) is 16.4. The lowest BCUT2D eigenvalue weighted by atomic mass is 10.0. The van der Waals surface area contributed by atoms with Crippen molar-refractivity contribution in [3.05, 3.63) is 66.0 Å². The molecule has 3 aromatic carbocycles. The van der Waals surface area contributed by atoms with Crippen LogP contribution in [0.2, 0.25) is 0 Å². The van der Waals surface area contributed by atoms with Crippen molar-refractivity contribution in [3.63, 3.8) is 0 Å². The minimum Gasteiger partial charge on any atom is -1.00 e. The largest absolute Gasteiger partial charge is 1.00 e. The Morgan fingerprint density at radius 2 is 1.77 bits per heavy atom. The maximum absolute atomic E-state index is 14.2. The van der Waals surface area contributed by atoms with Gasteiger partial charge in [-0.3, -0.25) is 9.69 Å². The van der Waals surface area contributed by atoms with Crippen LogP contribution in [0, 0.1) is 5.82 Å². The Balaban J connectivity index is 0.00000272. The monoisotopic (exact) mass is 458 g/mol. The highest BCUT2D eigenvalue weighted by Crippen LogP contribution is 2.33. The van der Waals surface area contributed by atoms with Crippen LogP contribution in [0.25, 0.3) is 21.0 Å². The predicted octanol–water partition coefficient (Wildman–Crippen LogP) is 1.81. The Bertz CT molecular complexity index is 1230. The van der Waals surface area contributed by atoms with Crippen LogP contribution in [0.3, 0.4) is 0 Å². The van der Waals surface area contributed by atoms with E-state index in [-0.39, 0.29) is 23.8 Å². The third-order valence-corrected chi connectivity index (χ3v) is 5.95. The van der Waals surface area contributed by atoms with Crippen LogP contribution < -0.4 is 22.0 Å². The SMILES string of the molecule is COc1cc2ccccc2cc1C(=O)N(CCN(C)C)c1nc2c(F)cccc2s1.[Cl-]. The van der Waals surface area contributed by atoms with Gasteiger partial charge in [0.25, 0.3) is 5.91 Å². The van der Waals surface area contributed by atoms with Gasteiger partial charge in [-0.25, -0.2) is 9.37 Å². The second kappa shape index (κ2) is 9.60. The van der Waals surface area contributed by atoms with Crippen molar-refractivity contribution in [2.45, 2.75) is 0 Å². The third-order valence-electron chi connectivity index (χ3n) is 4.90. The number of hydrogen-bond acceptors (Lipinski definition) is 5. The molecule has 1 heterocycles. The van der Waals surface area contributed by atoms with E-state index in [1.165, 1.54) is 17.4 Å². The zero-order valence-electron chi connectivity index (χ0n) is 17.4. The molecule has 162 valence electrons. The molecule has 5 nitrogen and oxygen atoms in total. The summed E-state index contributed by atoms with van der Waals surface area (Å²) in [5.41, 5.74) is 0.736. The molecule has 0 aliphatic carbocycles. The third kappa shape index (κ3) is 4.63. The fraction of sp³-hybridized carbons (Fsp3) is 0.217. The number of rotatable bonds is 6. The Morgan fingerprint density at radius 1 is 1.06 bits per heavy atom. The number of methoxy groups -OCH3 is 1. The fourth-order valence-corrected chi connectivity index (χ4v) is 4.31. The molecule has 0 N–H and O–H groups in total. The number of amides is 1. The lowest BCUT2D eigenvalue weighted by Gasteiger charge is -2.23. The zero-order chi connectivity index (χ0) is 21.3. The molecule has 0 unspecified atom stereocenters. The van der Waals surface area contributed by atoms with Gasteiger partial charge in [0.05, 0.1) is 17.4 Å². The Morgan fingerprint density at radius 3 is 2.42 bits per heavy atom. The molecule has 4 aromatic rings. The first-order valence-corrected chi connectivity index (χ1v) is 10.4. The number of hydrogen-bond donors (Lipinski definition) is 0. The van der Waals surface area contributed by atoms with Crippen LogP contribution in [0.4, 0.5) is 9.52 Å². The lowest BCUT2D eigenvalue weighted by molar-refractivity contribution is -0.0000147. The molecule has 0 saturated heterocycles. The van der Waals surface area contributed by atoms with E-state index >= 15 is 0 Å². The number of aromatic nitrogens is 1. The average Bonchev–Trinajstić information content (AvgIpc) is 3.18. The number of fused-ring (bicyclic) bond motifs is 2. The number of anilines is 1. The minimum absolute atomic E-state index is 0. The van der Waals surface area contributed by atoms with Crippen LogP contribution in [0.15, 0.2) is 54.6 Å². The van der Waals surface area contributed by atoms with Crippen LogP contribution in [-0.2, 0) is 0 Å². The van der Waals surface area contributed by atoms with Crippen molar-refractivity contribution < 1.29 is 26.3 Å². The summed E-state index contributed by atoms with van der Waals surface area (Å²) in [5.74, 6) is -0.113. The van der Waals surface area contributed by atoms with Gasteiger partial charge in [0.2, 0.25) is 0 Å². The summed E-state index contributed by atoms with van der Waals surface area (Å²) in [6.07, 6.45) is 0. The molecular formula is C23H22ClFN3O2S-. The van der Waals surface area contributed by atoms with Crippen molar-refractivity contribution in [2.75, 3.05) is 39.2 Å². The molecule has 1 aromatic heterocycles. The molecule has 4 rings (SSSR count). The summed E-state index contributed by atoms with van der Waals surface area (Å²) < 4.78 is 20.4. The second-order valence-electron chi connectivity index (χ2n) is 7.24. The molecule has 0 aliphatic heterocycles. The van der Waals surface area contributed by atoms with Gasteiger partial charge in [-0.15, -0.1) is 0 Å². The van der Waals surface area contributed by atoms with Crippen LogP contribution in [0.5, 0.6) is 5.75 Å². The molecule has 0 bridgehead atoms. The predicted molar refractivity (Wildman–Crippen MR) is 120 cm³/mol. The summed E-state index contributed by atoms with van der Waals surface area (Å²) in [7, 11) is 5.44. The number of para-hydroxylation sites is 1. The van der Waals surface area contributed by atoms with E-state index in [9.17, 15) is 9.18 Å². The van der Waals surface area contributed by atoms with Crippen molar-refractivity contribution in [1.82, 2.24) is 9.88 Å². The molecule has 0 radical (unpaired) electrons. The zero-order valence-corrected chi connectivity index (χ0v) is 19.0. The van der Waals surface area contributed by atoms with Crippen LogP contribution >= 0.6 is 11.3 Å². The van der Waals surface area contributed by atoms with E-state index in [0.717, 1.165) is 10.8 Å². The van der Waals surface area contributed by atoms with Crippen molar-refractivity contribution in [2.24, 2.45) is 0 Å². The van der Waals surface area contributed by atoms with E-state index in [0.29, 0.717) is 34.2 Å². The number of benzene rings is 3. The highest BCUT2D eigenvalue weighted by atomic mass is 35.5. The van der Waals surface area contributed by atoms with Crippen molar-refractivity contribution >= 4 is 43.4 Å². The van der Waals surface area contributed by atoms with Gasteiger partial charge in [-0.1, -0.05) is 41.7 Å². The number of nitrogens with zero attached hydrogens (tertiary/aromatic N) is 3. The van der Waals surface area contributed by atoms with E-state index in [1.54, 1.807) is 18.1 Å². The molecular weight excluding hydrogens is 437 g/mol. The number of carbonyl (C=O) groups is 1.